The van der Waals surface area contributed by atoms with Crippen LogP contribution in [0.25, 0.3) is 33.3 Å². The van der Waals surface area contributed by atoms with Crippen molar-refractivity contribution < 1.29 is 9.90 Å². The fourth-order valence-electron chi connectivity index (χ4n) is 7.04. The summed E-state index contributed by atoms with van der Waals surface area (Å²) in [5, 5.41) is 13.9. The molecule has 5 heterocycles. The van der Waals surface area contributed by atoms with Gasteiger partial charge in [-0.05, 0) is 48.7 Å². The zero-order valence-corrected chi connectivity index (χ0v) is 23.8. The van der Waals surface area contributed by atoms with Crippen LogP contribution in [0.1, 0.15) is 28.0 Å². The highest BCUT2D eigenvalue weighted by atomic mass is 35.5. The van der Waals surface area contributed by atoms with Crippen LogP contribution in [-0.2, 0) is 6.42 Å². The van der Waals surface area contributed by atoms with Gasteiger partial charge in [0, 0.05) is 92.2 Å². The molecule has 1 unspecified atom stereocenters. The number of aromatic carboxylic acids is 1. The molecule has 4 aromatic rings. The number of likely N-dealkylation sites (N-methyl/N-ethyl adjacent to an activating group) is 1. The molecule has 0 bridgehead atoms. The fourth-order valence-corrected chi connectivity index (χ4v) is 7.26. The Labute approximate surface area is 241 Å². The van der Waals surface area contributed by atoms with Crippen LogP contribution in [0.2, 0.25) is 5.02 Å². The molecule has 3 aliphatic rings. The normalized spacial score (nSPS) is 19.4. The summed E-state index contributed by atoms with van der Waals surface area (Å²) in [7, 11) is 5.72. The van der Waals surface area contributed by atoms with Crippen molar-refractivity contribution in [3.63, 3.8) is 0 Å². The van der Waals surface area contributed by atoms with Gasteiger partial charge in [-0.3, -0.25) is 9.78 Å². The van der Waals surface area contributed by atoms with E-state index in [1.165, 1.54) is 10.9 Å². The smallest absolute Gasteiger partial charge is 0.341 e. The number of likely N-dealkylation sites (tertiary alicyclic amines) is 1. The van der Waals surface area contributed by atoms with Crippen molar-refractivity contribution in [1.29, 1.82) is 0 Å². The molecule has 2 fully saturated rings. The molecule has 2 atom stereocenters. The summed E-state index contributed by atoms with van der Waals surface area (Å²) >= 11 is 6.62. The van der Waals surface area contributed by atoms with E-state index in [9.17, 15) is 14.7 Å². The third kappa shape index (κ3) is 3.88. The summed E-state index contributed by atoms with van der Waals surface area (Å²) < 4.78 is 1.46. The SMILES string of the molecule is CNc1cc(Cl)cc2c1Cc1ncc(-c3cnc4c(c3)c(=O)c(C(=O)O)cn4NC)c(N3CC[C@H]4CN(C)CC43)c1-2. The van der Waals surface area contributed by atoms with Crippen molar-refractivity contribution in [2.45, 2.75) is 18.9 Å². The maximum absolute atomic E-state index is 13.3. The molecule has 3 N–H and O–H groups in total. The Bertz CT molecular complexity index is 1820. The van der Waals surface area contributed by atoms with E-state index in [2.05, 4.69) is 32.6 Å². The number of hydrogen-bond donors (Lipinski definition) is 3. The standard InChI is InChI=1S/C30H30ClN7O3/c1-32-23-8-17(31)7-19-18(23)9-24-26(19)27(37-5-4-15-12-36(3)14-25(15)37)21(11-34-24)16-6-20-28(39)22(30(40)41)13-38(33-2)29(20)35-10-16/h6-8,10-11,13,15,25,32-33H,4-5,9,12,14H2,1-3H3,(H,40,41)/t15-,25?/m0/s1. The largest absolute Gasteiger partial charge is 0.477 e. The number of fused-ring (bicyclic) bond motifs is 5. The van der Waals surface area contributed by atoms with Crippen LogP contribution >= 0.6 is 11.6 Å². The van der Waals surface area contributed by atoms with Gasteiger partial charge in [-0.2, -0.15) is 0 Å². The lowest BCUT2D eigenvalue weighted by Crippen LogP contribution is -2.35. The van der Waals surface area contributed by atoms with Gasteiger partial charge in [0.25, 0.3) is 0 Å². The molecule has 10 nitrogen and oxygen atoms in total. The summed E-state index contributed by atoms with van der Waals surface area (Å²) in [6.07, 6.45) is 6.68. The second kappa shape index (κ2) is 9.46. The number of nitrogens with one attached hydrogen (secondary N) is 2. The van der Waals surface area contributed by atoms with Crippen LogP contribution in [0.5, 0.6) is 0 Å². The van der Waals surface area contributed by atoms with E-state index < -0.39 is 11.4 Å². The van der Waals surface area contributed by atoms with Crippen LogP contribution in [0.4, 0.5) is 11.4 Å². The number of aromatic nitrogens is 3. The van der Waals surface area contributed by atoms with Crippen molar-refractivity contribution in [2.24, 2.45) is 5.92 Å². The van der Waals surface area contributed by atoms with E-state index >= 15 is 0 Å². The van der Waals surface area contributed by atoms with Gasteiger partial charge in [0.2, 0.25) is 5.43 Å². The topological polar surface area (TPSA) is 116 Å². The molecule has 0 amide bonds. The molecular weight excluding hydrogens is 542 g/mol. The number of halogens is 1. The van der Waals surface area contributed by atoms with Crippen molar-refractivity contribution in [3.8, 4) is 22.3 Å². The van der Waals surface area contributed by atoms with Gasteiger partial charge in [-0.15, -0.1) is 0 Å². The van der Waals surface area contributed by atoms with E-state index in [1.54, 1.807) is 19.3 Å². The highest BCUT2D eigenvalue weighted by Crippen LogP contribution is 2.51. The van der Waals surface area contributed by atoms with Crippen molar-refractivity contribution in [1.82, 2.24) is 19.5 Å². The summed E-state index contributed by atoms with van der Waals surface area (Å²) in [5.74, 6) is -0.714. The number of pyridine rings is 3. The average Bonchev–Trinajstić information content (AvgIpc) is 3.64. The van der Waals surface area contributed by atoms with E-state index in [-0.39, 0.29) is 10.9 Å². The second-order valence-electron chi connectivity index (χ2n) is 11.1. The third-order valence-corrected chi connectivity index (χ3v) is 9.09. The lowest BCUT2D eigenvalue weighted by atomic mass is 9.96. The molecule has 1 aromatic carbocycles. The molecule has 11 heteroatoms. The Morgan fingerprint density at radius 1 is 1.12 bits per heavy atom. The van der Waals surface area contributed by atoms with Gasteiger partial charge in [0.1, 0.15) is 5.56 Å². The molecule has 0 saturated carbocycles. The minimum absolute atomic E-state index is 0.226. The fraction of sp³-hybridized carbons (Fsp3) is 0.333. The first-order valence-corrected chi connectivity index (χ1v) is 14.1. The number of anilines is 2. The molecule has 210 valence electrons. The van der Waals surface area contributed by atoms with Crippen molar-refractivity contribution in [2.75, 3.05) is 56.4 Å². The molecule has 2 aliphatic heterocycles. The van der Waals surface area contributed by atoms with E-state index in [0.29, 0.717) is 34.6 Å². The quantitative estimate of drug-likeness (QED) is 0.290. The minimum atomic E-state index is -1.28. The second-order valence-corrected chi connectivity index (χ2v) is 11.6. The molecule has 7 rings (SSSR count). The molecule has 0 spiro atoms. The molecule has 0 radical (unpaired) electrons. The van der Waals surface area contributed by atoms with Gasteiger partial charge >= 0.3 is 5.97 Å². The van der Waals surface area contributed by atoms with Crippen LogP contribution in [0.3, 0.4) is 0 Å². The zero-order chi connectivity index (χ0) is 28.6. The Morgan fingerprint density at radius 3 is 2.71 bits per heavy atom. The predicted octanol–water partition coefficient (Wildman–Crippen LogP) is 3.74. The Balaban J connectivity index is 1.50. The lowest BCUT2D eigenvalue weighted by Gasteiger charge is -2.31. The van der Waals surface area contributed by atoms with Crippen LogP contribution in [0.15, 0.2) is 41.6 Å². The number of carboxylic acid groups (broad SMARTS) is 1. The number of rotatable bonds is 5. The van der Waals surface area contributed by atoms with Gasteiger partial charge in [0.15, 0.2) is 5.65 Å². The van der Waals surface area contributed by atoms with Gasteiger partial charge < -0.3 is 25.6 Å². The Morgan fingerprint density at radius 2 is 1.95 bits per heavy atom. The molecule has 1 aliphatic carbocycles. The van der Waals surface area contributed by atoms with E-state index in [0.717, 1.165) is 65.4 Å². The zero-order valence-electron chi connectivity index (χ0n) is 23.0. The number of carbonyl (C=O) groups is 1. The lowest BCUT2D eigenvalue weighted by molar-refractivity contribution is 0.0695. The number of nitrogens with zero attached hydrogens (tertiary/aromatic N) is 5. The van der Waals surface area contributed by atoms with Gasteiger partial charge in [-0.25, -0.2) is 14.5 Å². The average molecular weight is 572 g/mol. The number of benzene rings is 1. The first-order valence-electron chi connectivity index (χ1n) is 13.7. The maximum Gasteiger partial charge on any atom is 0.341 e. The predicted molar refractivity (Wildman–Crippen MR) is 161 cm³/mol. The van der Waals surface area contributed by atoms with Crippen LogP contribution in [0, 0.1) is 5.92 Å². The summed E-state index contributed by atoms with van der Waals surface area (Å²) in [6, 6.07) is 6.07. The number of hydrogen-bond acceptors (Lipinski definition) is 8. The molecule has 2 saturated heterocycles. The van der Waals surface area contributed by atoms with Gasteiger partial charge in [0.05, 0.1) is 16.8 Å². The Kier molecular flexibility index (Phi) is 5.95. The first kappa shape index (κ1) is 25.8. The molecule has 41 heavy (non-hydrogen) atoms. The highest BCUT2D eigenvalue weighted by molar-refractivity contribution is 6.31. The maximum atomic E-state index is 13.3. The third-order valence-electron chi connectivity index (χ3n) is 8.87. The number of carboxylic acids is 1. The van der Waals surface area contributed by atoms with Crippen LogP contribution in [-0.4, -0.2) is 77.4 Å². The van der Waals surface area contributed by atoms with Crippen molar-refractivity contribution in [3.05, 3.63) is 68.9 Å². The van der Waals surface area contributed by atoms with Gasteiger partial charge in [-0.1, -0.05) is 11.6 Å². The summed E-state index contributed by atoms with van der Waals surface area (Å²) in [4.78, 5) is 39.7. The van der Waals surface area contributed by atoms with Crippen molar-refractivity contribution >= 4 is 40.0 Å². The van der Waals surface area contributed by atoms with E-state index in [4.69, 9.17) is 16.6 Å². The monoisotopic (exact) mass is 571 g/mol. The van der Waals surface area contributed by atoms with E-state index in [1.807, 2.05) is 25.4 Å². The summed E-state index contributed by atoms with van der Waals surface area (Å²) in [5.41, 5.74) is 10.3. The Hall–Kier alpha value is -4.15. The first-order chi connectivity index (χ1) is 19.8. The van der Waals surface area contributed by atoms with Crippen LogP contribution < -0.4 is 21.1 Å². The summed E-state index contributed by atoms with van der Waals surface area (Å²) in [6.45, 7) is 2.95. The molecule has 3 aromatic heterocycles. The highest BCUT2D eigenvalue weighted by Gasteiger charge is 2.43. The minimum Gasteiger partial charge on any atom is -0.477 e. The molecular formula is C30H30ClN7O3.